The van der Waals surface area contributed by atoms with Crippen LogP contribution in [0.4, 0.5) is 4.39 Å². The van der Waals surface area contributed by atoms with E-state index in [1.807, 2.05) is 19.1 Å². The Morgan fingerprint density at radius 1 is 1.50 bits per heavy atom. The number of thioether (sulfide) groups is 1. The molecule has 1 heterocycles. The molecule has 14 heavy (non-hydrogen) atoms. The van der Waals surface area contributed by atoms with Crippen LogP contribution in [0.2, 0.25) is 0 Å². The largest absolute Gasteiger partial charge is 0.300 e. The van der Waals surface area contributed by atoms with Crippen LogP contribution in [0, 0.1) is 12.7 Å². The van der Waals surface area contributed by atoms with Gasteiger partial charge < -0.3 is 5.32 Å². The average molecular weight is 211 g/mol. The average Bonchev–Trinajstić information content (AvgIpc) is 2.56. The first-order valence-corrected chi connectivity index (χ1v) is 5.76. The van der Waals surface area contributed by atoms with Crippen molar-refractivity contribution in [3.8, 4) is 0 Å². The van der Waals surface area contributed by atoms with Crippen molar-refractivity contribution >= 4 is 11.8 Å². The number of aryl methyl sites for hydroxylation is 1. The Balaban J connectivity index is 2.27. The number of halogens is 1. The fourth-order valence-electron chi connectivity index (χ4n) is 1.65. The van der Waals surface area contributed by atoms with Gasteiger partial charge in [0.2, 0.25) is 0 Å². The quantitative estimate of drug-likeness (QED) is 0.766. The maximum Gasteiger partial charge on any atom is 0.128 e. The standard InChI is InChI=1S/C11H14FNS/c1-7-3-4-10(12)9(5-7)11-13-6-8(2)14-11/h3-5,8,11,13H,6H2,1-2H3. The number of hydrogen-bond donors (Lipinski definition) is 1. The van der Waals surface area contributed by atoms with Crippen LogP contribution in [0.1, 0.15) is 23.4 Å². The smallest absolute Gasteiger partial charge is 0.128 e. The fourth-order valence-corrected chi connectivity index (χ4v) is 2.83. The van der Waals surface area contributed by atoms with Gasteiger partial charge in [0.15, 0.2) is 0 Å². The molecule has 2 atom stereocenters. The minimum Gasteiger partial charge on any atom is -0.300 e. The first-order valence-electron chi connectivity index (χ1n) is 4.81. The summed E-state index contributed by atoms with van der Waals surface area (Å²) in [6, 6.07) is 5.29. The van der Waals surface area contributed by atoms with E-state index in [0.29, 0.717) is 5.25 Å². The SMILES string of the molecule is Cc1ccc(F)c(C2NCC(C)S2)c1. The van der Waals surface area contributed by atoms with Crippen LogP contribution in [-0.2, 0) is 0 Å². The van der Waals surface area contributed by atoms with Gasteiger partial charge in [-0.3, -0.25) is 0 Å². The monoisotopic (exact) mass is 211 g/mol. The zero-order valence-electron chi connectivity index (χ0n) is 8.38. The highest BCUT2D eigenvalue weighted by Crippen LogP contribution is 2.35. The lowest BCUT2D eigenvalue weighted by atomic mass is 10.1. The highest BCUT2D eigenvalue weighted by atomic mass is 32.2. The van der Waals surface area contributed by atoms with Crippen molar-refractivity contribution in [2.45, 2.75) is 24.5 Å². The van der Waals surface area contributed by atoms with Gasteiger partial charge in [0.25, 0.3) is 0 Å². The van der Waals surface area contributed by atoms with Gasteiger partial charge in [0, 0.05) is 17.4 Å². The summed E-state index contributed by atoms with van der Waals surface area (Å²) in [7, 11) is 0. The van der Waals surface area contributed by atoms with Crippen molar-refractivity contribution in [2.75, 3.05) is 6.54 Å². The van der Waals surface area contributed by atoms with E-state index in [1.165, 1.54) is 0 Å². The lowest BCUT2D eigenvalue weighted by Crippen LogP contribution is -2.14. The van der Waals surface area contributed by atoms with Crippen molar-refractivity contribution in [1.82, 2.24) is 5.32 Å². The molecule has 1 aromatic carbocycles. The predicted molar refractivity (Wildman–Crippen MR) is 58.9 cm³/mol. The molecule has 0 saturated carbocycles. The van der Waals surface area contributed by atoms with Crippen LogP contribution in [-0.4, -0.2) is 11.8 Å². The van der Waals surface area contributed by atoms with Gasteiger partial charge in [-0.2, -0.15) is 0 Å². The first-order chi connectivity index (χ1) is 6.66. The summed E-state index contributed by atoms with van der Waals surface area (Å²) in [5.41, 5.74) is 1.91. The molecule has 1 fully saturated rings. The second kappa shape index (κ2) is 3.91. The fraction of sp³-hybridized carbons (Fsp3) is 0.455. The van der Waals surface area contributed by atoms with E-state index in [0.717, 1.165) is 17.7 Å². The molecule has 1 aliphatic heterocycles. The number of nitrogens with one attached hydrogen (secondary N) is 1. The van der Waals surface area contributed by atoms with Crippen molar-refractivity contribution in [3.05, 3.63) is 35.1 Å². The third-order valence-corrected chi connectivity index (χ3v) is 3.72. The van der Waals surface area contributed by atoms with Crippen LogP contribution in [0.15, 0.2) is 18.2 Å². The number of hydrogen-bond acceptors (Lipinski definition) is 2. The van der Waals surface area contributed by atoms with E-state index >= 15 is 0 Å². The van der Waals surface area contributed by atoms with Gasteiger partial charge in [-0.05, 0) is 13.0 Å². The maximum atomic E-state index is 13.5. The third kappa shape index (κ3) is 1.93. The van der Waals surface area contributed by atoms with Gasteiger partial charge in [0.05, 0.1) is 5.37 Å². The molecule has 2 rings (SSSR count). The van der Waals surface area contributed by atoms with Crippen LogP contribution in [0.25, 0.3) is 0 Å². The molecule has 0 amide bonds. The molecule has 2 unspecified atom stereocenters. The zero-order chi connectivity index (χ0) is 10.1. The molecular weight excluding hydrogens is 197 g/mol. The summed E-state index contributed by atoms with van der Waals surface area (Å²) in [6.07, 6.45) is 0. The summed E-state index contributed by atoms with van der Waals surface area (Å²) in [5, 5.41) is 4.01. The summed E-state index contributed by atoms with van der Waals surface area (Å²) < 4.78 is 13.5. The Labute approximate surface area is 88.1 Å². The van der Waals surface area contributed by atoms with E-state index in [2.05, 4.69) is 12.2 Å². The number of rotatable bonds is 1. The summed E-state index contributed by atoms with van der Waals surface area (Å²) in [5.74, 6) is -0.102. The van der Waals surface area contributed by atoms with Crippen LogP contribution in [0.5, 0.6) is 0 Å². The second-order valence-electron chi connectivity index (χ2n) is 3.76. The molecule has 0 aliphatic carbocycles. The van der Waals surface area contributed by atoms with Gasteiger partial charge in [-0.25, -0.2) is 4.39 Å². The normalized spacial score (nSPS) is 26.8. The Morgan fingerprint density at radius 2 is 2.29 bits per heavy atom. The van der Waals surface area contributed by atoms with Crippen LogP contribution >= 0.6 is 11.8 Å². The van der Waals surface area contributed by atoms with E-state index < -0.39 is 0 Å². The Kier molecular flexibility index (Phi) is 2.79. The molecule has 0 radical (unpaired) electrons. The van der Waals surface area contributed by atoms with Crippen molar-refractivity contribution < 1.29 is 4.39 Å². The van der Waals surface area contributed by atoms with Gasteiger partial charge >= 0.3 is 0 Å². The van der Waals surface area contributed by atoms with E-state index in [1.54, 1.807) is 17.8 Å². The van der Waals surface area contributed by atoms with Gasteiger partial charge in [-0.15, -0.1) is 11.8 Å². The van der Waals surface area contributed by atoms with Gasteiger partial charge in [0.1, 0.15) is 5.82 Å². The molecule has 3 heteroatoms. The zero-order valence-corrected chi connectivity index (χ0v) is 9.20. The predicted octanol–water partition coefficient (Wildman–Crippen LogP) is 2.86. The second-order valence-corrected chi connectivity index (χ2v) is 5.31. The van der Waals surface area contributed by atoms with Crippen molar-refractivity contribution in [3.63, 3.8) is 0 Å². The summed E-state index contributed by atoms with van der Waals surface area (Å²) >= 11 is 1.79. The lowest BCUT2D eigenvalue weighted by Gasteiger charge is -2.11. The summed E-state index contributed by atoms with van der Waals surface area (Å²) in [6.45, 7) is 5.11. The Morgan fingerprint density at radius 3 is 2.93 bits per heavy atom. The third-order valence-electron chi connectivity index (χ3n) is 2.39. The Hall–Kier alpha value is -0.540. The highest BCUT2D eigenvalue weighted by Gasteiger charge is 2.24. The van der Waals surface area contributed by atoms with Gasteiger partial charge in [-0.1, -0.05) is 24.6 Å². The van der Waals surface area contributed by atoms with Crippen LogP contribution in [0.3, 0.4) is 0 Å². The van der Waals surface area contributed by atoms with Crippen LogP contribution < -0.4 is 5.32 Å². The minimum atomic E-state index is -0.102. The molecule has 0 spiro atoms. The Bertz CT molecular complexity index is 340. The number of benzene rings is 1. The van der Waals surface area contributed by atoms with E-state index in [-0.39, 0.29) is 11.2 Å². The molecule has 1 aromatic rings. The molecule has 1 saturated heterocycles. The maximum absolute atomic E-state index is 13.5. The van der Waals surface area contributed by atoms with E-state index in [9.17, 15) is 4.39 Å². The molecule has 76 valence electrons. The minimum absolute atomic E-state index is 0.102. The molecule has 1 nitrogen and oxygen atoms in total. The molecule has 1 N–H and O–H groups in total. The molecule has 1 aliphatic rings. The van der Waals surface area contributed by atoms with Crippen molar-refractivity contribution in [1.29, 1.82) is 0 Å². The van der Waals surface area contributed by atoms with E-state index in [4.69, 9.17) is 0 Å². The molecular formula is C11H14FNS. The highest BCUT2D eigenvalue weighted by molar-refractivity contribution is 8.00. The summed E-state index contributed by atoms with van der Waals surface area (Å²) in [4.78, 5) is 0. The van der Waals surface area contributed by atoms with Crippen molar-refractivity contribution in [2.24, 2.45) is 0 Å². The molecule has 0 bridgehead atoms. The molecule has 0 aromatic heterocycles. The lowest BCUT2D eigenvalue weighted by molar-refractivity contribution is 0.592. The first kappa shape index (κ1) is 9.99. The topological polar surface area (TPSA) is 12.0 Å².